The molecule has 28 heavy (non-hydrogen) atoms. The Kier molecular flexibility index (Phi) is 4.61. The van der Waals surface area contributed by atoms with Crippen LogP contribution < -0.4 is 15.8 Å². The van der Waals surface area contributed by atoms with Crippen LogP contribution in [0.15, 0.2) is 60.8 Å². The minimum atomic E-state index is 0.0923. The summed E-state index contributed by atoms with van der Waals surface area (Å²) in [6.07, 6.45) is 1.83. The van der Waals surface area contributed by atoms with Crippen LogP contribution in [0.25, 0.3) is 16.6 Å². The van der Waals surface area contributed by atoms with Gasteiger partial charge in [0, 0.05) is 23.3 Å². The molecule has 2 heterocycles. The number of nitrogens with one attached hydrogen (secondary N) is 1. The van der Waals surface area contributed by atoms with E-state index in [4.69, 9.17) is 10.5 Å². The highest BCUT2D eigenvalue weighted by atomic mass is 16.5. The van der Waals surface area contributed by atoms with Crippen LogP contribution in [0.2, 0.25) is 0 Å². The molecule has 0 saturated heterocycles. The van der Waals surface area contributed by atoms with Crippen molar-refractivity contribution < 1.29 is 4.74 Å². The molecule has 0 spiro atoms. The van der Waals surface area contributed by atoms with Gasteiger partial charge < -0.3 is 15.8 Å². The second kappa shape index (κ2) is 7.23. The van der Waals surface area contributed by atoms with Gasteiger partial charge in [-0.2, -0.15) is 0 Å². The topological polar surface area (TPSA) is 78.0 Å². The summed E-state index contributed by atoms with van der Waals surface area (Å²) in [4.78, 5) is 4.55. The number of aromatic nitrogens is 3. The smallest absolute Gasteiger partial charge is 0.157 e. The summed E-state index contributed by atoms with van der Waals surface area (Å²) in [5.74, 6) is 1.94. The van der Waals surface area contributed by atoms with E-state index in [1.165, 1.54) is 0 Å². The van der Waals surface area contributed by atoms with Crippen molar-refractivity contribution >= 4 is 28.2 Å². The Labute approximate surface area is 164 Å². The molecule has 6 heteroatoms. The first kappa shape index (κ1) is 17.9. The number of nitrogens with two attached hydrogens (primary N) is 1. The monoisotopic (exact) mass is 373 g/mol. The summed E-state index contributed by atoms with van der Waals surface area (Å²) >= 11 is 0. The number of fused-ring (bicyclic) bond motifs is 1. The van der Waals surface area contributed by atoms with Crippen LogP contribution in [0.1, 0.15) is 19.4 Å². The Bertz CT molecular complexity index is 1130. The van der Waals surface area contributed by atoms with Crippen molar-refractivity contribution in [2.24, 2.45) is 0 Å². The Hall–Kier alpha value is -3.54. The maximum absolute atomic E-state index is 6.21. The third kappa shape index (κ3) is 3.36. The molecule has 0 unspecified atom stereocenters. The molecule has 0 fully saturated rings. The van der Waals surface area contributed by atoms with E-state index in [1.54, 1.807) is 6.20 Å². The molecule has 0 saturated carbocycles. The lowest BCUT2D eigenvalue weighted by Gasteiger charge is -2.13. The molecule has 2 aromatic heterocycles. The fourth-order valence-corrected chi connectivity index (χ4v) is 3.17. The molecule has 2 aromatic carbocycles. The van der Waals surface area contributed by atoms with Crippen LogP contribution in [-0.4, -0.2) is 20.9 Å². The van der Waals surface area contributed by atoms with Crippen molar-refractivity contribution in [1.29, 1.82) is 0 Å². The molecular weight excluding hydrogens is 350 g/mol. The number of hydrogen-bond acceptors (Lipinski definition) is 5. The zero-order valence-corrected chi connectivity index (χ0v) is 16.2. The Morgan fingerprint density at radius 1 is 1.07 bits per heavy atom. The number of aryl methyl sites for hydroxylation is 1. The number of benzene rings is 2. The van der Waals surface area contributed by atoms with Gasteiger partial charge in [-0.05, 0) is 50.6 Å². The average Bonchev–Trinajstić information content (AvgIpc) is 3.01. The van der Waals surface area contributed by atoms with Crippen LogP contribution in [0.3, 0.4) is 0 Å². The molecular formula is C22H23N5O. The van der Waals surface area contributed by atoms with Crippen LogP contribution >= 0.6 is 0 Å². The van der Waals surface area contributed by atoms with Crippen LogP contribution in [0.4, 0.5) is 17.3 Å². The first-order chi connectivity index (χ1) is 13.5. The standard InChI is InChI=1S/C22H23N5O/c1-14(2)28-17-9-6-8-16(13-17)27-20-18(21(23)26-27)11-12-24-22(20)25-19-10-5-4-7-15(19)3/h4-14H,1-3H3,(H2,23,26)(H,24,25). The van der Waals surface area contributed by atoms with Gasteiger partial charge in [-0.25, -0.2) is 9.67 Å². The van der Waals surface area contributed by atoms with Crippen molar-refractivity contribution in [3.8, 4) is 11.4 Å². The number of anilines is 3. The van der Waals surface area contributed by atoms with E-state index in [-0.39, 0.29) is 6.10 Å². The van der Waals surface area contributed by atoms with E-state index in [0.29, 0.717) is 11.6 Å². The number of nitrogen functional groups attached to an aromatic ring is 1. The number of nitrogens with zero attached hydrogens (tertiary/aromatic N) is 3. The van der Waals surface area contributed by atoms with Crippen LogP contribution in [0, 0.1) is 6.92 Å². The Morgan fingerprint density at radius 3 is 2.68 bits per heavy atom. The molecule has 4 aromatic rings. The first-order valence-electron chi connectivity index (χ1n) is 9.26. The van der Waals surface area contributed by atoms with Gasteiger partial charge in [0.15, 0.2) is 11.6 Å². The van der Waals surface area contributed by atoms with Gasteiger partial charge in [0.2, 0.25) is 0 Å². The lowest BCUT2D eigenvalue weighted by Crippen LogP contribution is -2.06. The molecule has 0 atom stereocenters. The lowest BCUT2D eigenvalue weighted by molar-refractivity contribution is 0.242. The molecule has 0 amide bonds. The van der Waals surface area contributed by atoms with Gasteiger partial charge in [0.1, 0.15) is 11.3 Å². The predicted molar refractivity (Wildman–Crippen MR) is 114 cm³/mol. The third-order valence-electron chi connectivity index (χ3n) is 4.45. The van der Waals surface area contributed by atoms with E-state index in [2.05, 4.69) is 28.4 Å². The average molecular weight is 373 g/mol. The molecule has 0 aliphatic rings. The molecule has 0 aliphatic heterocycles. The summed E-state index contributed by atoms with van der Waals surface area (Å²) in [5, 5.41) is 8.84. The SMILES string of the molecule is Cc1ccccc1Nc1nccc2c(N)nn(-c3cccc(OC(C)C)c3)c12. The minimum Gasteiger partial charge on any atom is -0.491 e. The highest BCUT2D eigenvalue weighted by Crippen LogP contribution is 2.31. The normalized spacial score (nSPS) is 11.1. The van der Waals surface area contributed by atoms with Crippen molar-refractivity contribution in [2.45, 2.75) is 26.9 Å². The maximum atomic E-state index is 6.21. The fourth-order valence-electron chi connectivity index (χ4n) is 3.17. The Morgan fingerprint density at radius 2 is 1.89 bits per heavy atom. The number of para-hydroxylation sites is 1. The van der Waals surface area contributed by atoms with E-state index in [9.17, 15) is 0 Å². The minimum absolute atomic E-state index is 0.0923. The van der Waals surface area contributed by atoms with Gasteiger partial charge in [-0.3, -0.25) is 0 Å². The molecule has 0 aliphatic carbocycles. The molecule has 3 N–H and O–H groups in total. The van der Waals surface area contributed by atoms with Crippen LogP contribution in [0.5, 0.6) is 5.75 Å². The van der Waals surface area contributed by atoms with Gasteiger partial charge in [-0.1, -0.05) is 24.3 Å². The van der Waals surface area contributed by atoms with E-state index in [1.807, 2.05) is 67.1 Å². The zero-order valence-electron chi connectivity index (χ0n) is 16.2. The summed E-state index contributed by atoms with van der Waals surface area (Å²) in [5.41, 5.74) is 10.0. The molecule has 142 valence electrons. The van der Waals surface area contributed by atoms with Gasteiger partial charge >= 0.3 is 0 Å². The lowest BCUT2D eigenvalue weighted by atomic mass is 10.2. The van der Waals surface area contributed by atoms with Gasteiger partial charge in [0.05, 0.1) is 11.8 Å². The zero-order chi connectivity index (χ0) is 19.7. The number of ether oxygens (including phenoxy) is 1. The van der Waals surface area contributed by atoms with Crippen molar-refractivity contribution in [3.05, 3.63) is 66.4 Å². The molecule has 6 nitrogen and oxygen atoms in total. The van der Waals surface area contributed by atoms with Gasteiger partial charge in [0.25, 0.3) is 0 Å². The highest BCUT2D eigenvalue weighted by Gasteiger charge is 2.16. The van der Waals surface area contributed by atoms with E-state index in [0.717, 1.165) is 33.6 Å². The van der Waals surface area contributed by atoms with Crippen molar-refractivity contribution in [1.82, 2.24) is 14.8 Å². The molecule has 0 bridgehead atoms. The summed E-state index contributed by atoms with van der Waals surface area (Å²) in [6.45, 7) is 6.06. The number of rotatable bonds is 5. The van der Waals surface area contributed by atoms with Crippen LogP contribution in [-0.2, 0) is 0 Å². The fraction of sp³-hybridized carbons (Fsp3) is 0.182. The van der Waals surface area contributed by atoms with E-state index < -0.39 is 0 Å². The first-order valence-corrected chi connectivity index (χ1v) is 9.26. The second-order valence-electron chi connectivity index (χ2n) is 6.96. The molecule has 0 radical (unpaired) electrons. The number of hydrogen-bond donors (Lipinski definition) is 2. The highest BCUT2D eigenvalue weighted by molar-refractivity contribution is 5.98. The van der Waals surface area contributed by atoms with E-state index >= 15 is 0 Å². The summed E-state index contributed by atoms with van der Waals surface area (Å²) in [7, 11) is 0. The molecule has 4 rings (SSSR count). The van der Waals surface area contributed by atoms with Crippen molar-refractivity contribution in [2.75, 3.05) is 11.1 Å². The quantitative estimate of drug-likeness (QED) is 0.523. The predicted octanol–water partition coefficient (Wildman–Crippen LogP) is 4.84. The van der Waals surface area contributed by atoms with Gasteiger partial charge in [-0.15, -0.1) is 5.10 Å². The number of pyridine rings is 1. The largest absolute Gasteiger partial charge is 0.491 e. The second-order valence-corrected chi connectivity index (χ2v) is 6.96. The third-order valence-corrected chi connectivity index (χ3v) is 4.45. The van der Waals surface area contributed by atoms with Crippen molar-refractivity contribution in [3.63, 3.8) is 0 Å². The maximum Gasteiger partial charge on any atom is 0.157 e. The summed E-state index contributed by atoms with van der Waals surface area (Å²) < 4.78 is 7.64. The Balaban J connectivity index is 1.85. The summed E-state index contributed by atoms with van der Waals surface area (Å²) in [6, 6.07) is 17.8.